The highest BCUT2D eigenvalue weighted by Gasteiger charge is 2.58. The predicted molar refractivity (Wildman–Crippen MR) is 135 cm³/mol. The predicted octanol–water partition coefficient (Wildman–Crippen LogP) is 4.65. The van der Waals surface area contributed by atoms with Crippen molar-refractivity contribution in [2.75, 3.05) is 26.7 Å². The van der Waals surface area contributed by atoms with Crippen LogP contribution in [0.4, 0.5) is 13.2 Å². The second kappa shape index (κ2) is 10.6. The van der Waals surface area contributed by atoms with Crippen molar-refractivity contribution in [2.45, 2.75) is 48.9 Å². The number of aromatic hydroxyl groups is 1. The first-order valence-electron chi connectivity index (χ1n) is 12.3. The first-order valence-corrected chi connectivity index (χ1v) is 12.3. The maximum Gasteiger partial charge on any atom is 0.416 e. The fourth-order valence-electron chi connectivity index (χ4n) is 5.95. The smallest absolute Gasteiger partial charge is 0.416 e. The summed E-state index contributed by atoms with van der Waals surface area (Å²) in [6.07, 6.45) is 0.233. The zero-order valence-electron chi connectivity index (χ0n) is 20.8. The van der Waals surface area contributed by atoms with Gasteiger partial charge in [0.15, 0.2) is 0 Å². The molecule has 2 aliphatic rings. The number of amides is 1. The molecule has 2 aromatic rings. The first kappa shape index (κ1) is 26.8. The number of likely N-dealkylation sites (tertiary alicyclic amines) is 1. The number of alkyl halides is 3. The van der Waals surface area contributed by atoms with E-state index in [1.165, 1.54) is 12.1 Å². The highest BCUT2D eigenvalue weighted by Crippen LogP contribution is 2.53. The fraction of sp³-hybridized carbons (Fsp3) is 0.414. The second-order valence-corrected chi connectivity index (χ2v) is 9.84. The number of carbonyl (C=O) groups excluding carboxylic acids is 1. The van der Waals surface area contributed by atoms with E-state index in [2.05, 4.69) is 28.6 Å². The quantitative estimate of drug-likeness (QED) is 0.453. The molecule has 0 spiro atoms. The third kappa shape index (κ3) is 5.53. The number of benzene rings is 2. The van der Waals surface area contributed by atoms with Crippen molar-refractivity contribution in [1.82, 2.24) is 10.2 Å². The second-order valence-electron chi connectivity index (χ2n) is 9.84. The van der Waals surface area contributed by atoms with Gasteiger partial charge in [0.25, 0.3) is 5.91 Å². The van der Waals surface area contributed by atoms with Gasteiger partial charge >= 0.3 is 6.18 Å². The van der Waals surface area contributed by atoms with Crippen molar-refractivity contribution < 1.29 is 27.8 Å². The van der Waals surface area contributed by atoms with Crippen LogP contribution in [-0.2, 0) is 21.1 Å². The van der Waals surface area contributed by atoms with Crippen LogP contribution < -0.4 is 5.32 Å². The molecule has 1 aliphatic heterocycles. The minimum absolute atomic E-state index is 0.175. The summed E-state index contributed by atoms with van der Waals surface area (Å²) in [5.74, 6) is 4.86. The van der Waals surface area contributed by atoms with Crippen molar-refractivity contribution in [1.29, 1.82) is 0 Å². The Labute approximate surface area is 215 Å². The molecule has 1 amide bonds. The Hall–Kier alpha value is -3.28. The summed E-state index contributed by atoms with van der Waals surface area (Å²) in [6, 6.07) is 11.5. The third-order valence-corrected chi connectivity index (χ3v) is 7.74. The van der Waals surface area contributed by atoms with Crippen LogP contribution in [0.5, 0.6) is 5.75 Å². The van der Waals surface area contributed by atoms with E-state index in [0.717, 1.165) is 37.2 Å². The van der Waals surface area contributed by atoms with E-state index in [9.17, 15) is 23.1 Å². The third-order valence-electron chi connectivity index (χ3n) is 7.74. The average Bonchev–Trinajstić information content (AvgIpc) is 2.87. The van der Waals surface area contributed by atoms with E-state index in [4.69, 9.17) is 4.74 Å². The number of phenols is 1. The number of ether oxygens (including phenoxy) is 1. The molecule has 0 bridgehead atoms. The molecule has 1 saturated carbocycles. The molecule has 0 radical (unpaired) electrons. The Balaban J connectivity index is 1.55. The fourth-order valence-corrected chi connectivity index (χ4v) is 5.95. The summed E-state index contributed by atoms with van der Waals surface area (Å²) in [5, 5.41) is 13.3. The molecule has 37 heavy (non-hydrogen) atoms. The first-order chi connectivity index (χ1) is 17.6. The number of rotatable bonds is 5. The molecule has 0 unspecified atom stereocenters. The van der Waals surface area contributed by atoms with Gasteiger partial charge in [0.1, 0.15) is 5.75 Å². The number of nitrogens with one attached hydrogen (secondary N) is 1. The van der Waals surface area contributed by atoms with Crippen molar-refractivity contribution >= 4 is 5.91 Å². The number of phenolic OH excluding ortho intramolecular Hbond substituents is 1. The average molecular weight is 513 g/mol. The summed E-state index contributed by atoms with van der Waals surface area (Å²) in [7, 11) is 1.73. The number of hydrogen-bond acceptors (Lipinski definition) is 4. The number of carbonyl (C=O) groups is 1. The molecule has 1 heterocycles. The van der Waals surface area contributed by atoms with Gasteiger partial charge < -0.3 is 15.2 Å². The number of nitrogens with zero attached hydrogens (tertiary/aromatic N) is 1. The van der Waals surface area contributed by atoms with E-state index >= 15 is 0 Å². The van der Waals surface area contributed by atoms with Crippen LogP contribution in [0.25, 0.3) is 0 Å². The molecule has 2 N–H and O–H groups in total. The Morgan fingerprint density at radius 2 is 2.03 bits per heavy atom. The highest BCUT2D eigenvalue weighted by atomic mass is 19.4. The lowest BCUT2D eigenvalue weighted by Crippen LogP contribution is -2.67. The number of halogens is 3. The normalized spacial score (nSPS) is 25.9. The Morgan fingerprint density at radius 3 is 2.68 bits per heavy atom. The maximum atomic E-state index is 12.8. The molecule has 0 aromatic heterocycles. The minimum Gasteiger partial charge on any atom is -0.508 e. The topological polar surface area (TPSA) is 61.8 Å². The highest BCUT2D eigenvalue weighted by molar-refractivity contribution is 5.94. The lowest BCUT2D eigenvalue weighted by atomic mass is 9.55. The number of methoxy groups -OCH3 is 1. The van der Waals surface area contributed by atoms with Gasteiger partial charge in [0.2, 0.25) is 0 Å². The van der Waals surface area contributed by atoms with Crippen LogP contribution in [0.3, 0.4) is 0 Å². The molecule has 2 fully saturated rings. The zero-order valence-corrected chi connectivity index (χ0v) is 20.8. The molecule has 1 aliphatic carbocycles. The van der Waals surface area contributed by atoms with E-state index < -0.39 is 28.7 Å². The number of fused-ring (bicyclic) bond motifs is 1. The van der Waals surface area contributed by atoms with E-state index in [1.807, 2.05) is 18.2 Å². The Morgan fingerprint density at radius 1 is 1.27 bits per heavy atom. The molecule has 5 nitrogen and oxygen atoms in total. The summed E-state index contributed by atoms with van der Waals surface area (Å²) in [4.78, 5) is 15.0. The molecule has 4 rings (SSSR count). The van der Waals surface area contributed by atoms with Gasteiger partial charge in [0.05, 0.1) is 11.2 Å². The van der Waals surface area contributed by atoms with Crippen molar-refractivity contribution in [3.05, 3.63) is 77.9 Å². The summed E-state index contributed by atoms with van der Waals surface area (Å²) in [5.41, 5.74) is -0.397. The van der Waals surface area contributed by atoms with E-state index in [0.29, 0.717) is 31.4 Å². The molecular formula is C29H31F3N2O3. The van der Waals surface area contributed by atoms with Crippen molar-refractivity contribution in [2.24, 2.45) is 0 Å². The van der Waals surface area contributed by atoms with Crippen LogP contribution in [-0.4, -0.2) is 54.3 Å². The maximum absolute atomic E-state index is 12.8. The van der Waals surface area contributed by atoms with Crippen molar-refractivity contribution in [3.8, 4) is 17.6 Å². The van der Waals surface area contributed by atoms with Gasteiger partial charge in [-0.15, -0.1) is 6.58 Å². The summed E-state index contributed by atoms with van der Waals surface area (Å²) in [6.45, 7) is 6.15. The van der Waals surface area contributed by atoms with Gasteiger partial charge in [0, 0.05) is 43.1 Å². The van der Waals surface area contributed by atoms with E-state index in [-0.39, 0.29) is 11.8 Å². The van der Waals surface area contributed by atoms with Crippen molar-refractivity contribution in [3.63, 3.8) is 0 Å². The van der Waals surface area contributed by atoms with E-state index in [1.54, 1.807) is 19.2 Å². The Bertz CT molecular complexity index is 1200. The molecule has 3 atom stereocenters. The SMILES string of the molecule is C=CCN1CC[C@@]2(c3cccc(O)c3)C[C@H](NC(=O)C#Cc3ccc(C(F)(F)F)cc3)CC[C@]2(OC)C1. The summed E-state index contributed by atoms with van der Waals surface area (Å²) < 4.78 is 44.6. The minimum atomic E-state index is -4.42. The van der Waals surface area contributed by atoms with Gasteiger partial charge in [-0.3, -0.25) is 9.69 Å². The standard InChI is InChI=1S/C29H31F3N2O3/c1-3-16-34-17-15-27(23-5-4-6-25(35)18-23)19-24(13-14-28(27,20-34)37-2)33-26(36)12-9-21-7-10-22(11-8-21)29(30,31)32/h3-8,10-11,18,24,35H,1,13-17,19-20H2,2H3,(H,33,36)/t24-,27+,28+/m1/s1. The largest absolute Gasteiger partial charge is 0.508 e. The zero-order chi connectivity index (χ0) is 26.7. The number of hydrogen-bond donors (Lipinski definition) is 2. The molecule has 196 valence electrons. The monoisotopic (exact) mass is 512 g/mol. The molecule has 2 aromatic carbocycles. The Kier molecular flexibility index (Phi) is 7.67. The van der Waals surface area contributed by atoms with Crippen LogP contribution in [0.15, 0.2) is 61.2 Å². The molecule has 8 heteroatoms. The lowest BCUT2D eigenvalue weighted by Gasteiger charge is -2.59. The van der Waals surface area contributed by atoms with Gasteiger partial charge in [-0.2, -0.15) is 13.2 Å². The van der Waals surface area contributed by atoms with Crippen LogP contribution >= 0.6 is 0 Å². The van der Waals surface area contributed by atoms with Gasteiger partial charge in [-0.05, 0) is 74.2 Å². The van der Waals surface area contributed by atoms with Gasteiger partial charge in [-0.1, -0.05) is 24.1 Å². The van der Waals surface area contributed by atoms with Crippen LogP contribution in [0.2, 0.25) is 0 Å². The van der Waals surface area contributed by atoms with Crippen LogP contribution in [0, 0.1) is 11.8 Å². The molecular weight excluding hydrogens is 481 g/mol. The summed E-state index contributed by atoms with van der Waals surface area (Å²) >= 11 is 0. The van der Waals surface area contributed by atoms with Gasteiger partial charge in [-0.25, -0.2) is 0 Å². The number of piperidine rings is 1. The van der Waals surface area contributed by atoms with Crippen LogP contribution in [0.1, 0.15) is 42.4 Å². The molecule has 1 saturated heterocycles. The lowest BCUT2D eigenvalue weighted by molar-refractivity contribution is -0.148.